The summed E-state index contributed by atoms with van der Waals surface area (Å²) in [5.74, 6) is -1.07. The Hall–Kier alpha value is -1.71. The maximum Gasteiger partial charge on any atom is 0.357 e. The van der Waals surface area contributed by atoms with Crippen LogP contribution in [0.25, 0.3) is 10.9 Å². The molecule has 3 aromatic rings. The first-order valence-corrected chi connectivity index (χ1v) is 13.2. The molecule has 0 saturated heterocycles. The van der Waals surface area contributed by atoms with Gasteiger partial charge in [-0.05, 0) is 59.8 Å². The second-order valence-corrected chi connectivity index (χ2v) is 11.1. The molecule has 13 heteroatoms. The lowest BCUT2D eigenvalue weighted by molar-refractivity contribution is 0.0514. The van der Waals surface area contributed by atoms with E-state index >= 15 is 0 Å². The summed E-state index contributed by atoms with van der Waals surface area (Å²) >= 11 is 1.98. The standard InChI is InChI=1S/C19H20IN3O6S2.ClH/c1-2-29-19(24)17-18(30(25,26)22-11-10-21)15-12-13(20)8-9-16(15)23(17)31(27,28)14-6-4-3-5-7-14;/h3-9,12,22H,2,10-11,21H2,1H3;1H. The summed E-state index contributed by atoms with van der Waals surface area (Å²) in [6, 6.07) is 12.0. The number of esters is 1. The molecule has 0 fully saturated rings. The smallest absolute Gasteiger partial charge is 0.357 e. The Bertz CT molecular complexity index is 1340. The molecule has 0 amide bonds. The number of aromatic nitrogens is 1. The topological polar surface area (TPSA) is 138 Å². The molecular formula is C19H21ClIN3O6S2. The molecule has 0 aliphatic heterocycles. The number of carbonyl (C=O) groups is 1. The minimum Gasteiger partial charge on any atom is -0.461 e. The van der Waals surface area contributed by atoms with Gasteiger partial charge in [0.05, 0.1) is 17.0 Å². The second-order valence-electron chi connectivity index (χ2n) is 6.33. The zero-order chi connectivity index (χ0) is 22.8. The summed E-state index contributed by atoms with van der Waals surface area (Å²) in [4.78, 5) is 12.3. The number of fused-ring (bicyclic) bond motifs is 1. The van der Waals surface area contributed by atoms with Gasteiger partial charge in [0.15, 0.2) is 5.69 Å². The molecule has 1 heterocycles. The highest BCUT2D eigenvalue weighted by Gasteiger charge is 2.36. The number of hydrogen-bond donors (Lipinski definition) is 2. The van der Waals surface area contributed by atoms with Gasteiger partial charge in [0.1, 0.15) is 4.90 Å². The number of sulfonamides is 1. The van der Waals surface area contributed by atoms with E-state index in [1.807, 2.05) is 22.6 Å². The highest BCUT2D eigenvalue weighted by Crippen LogP contribution is 2.35. The lowest BCUT2D eigenvalue weighted by Crippen LogP contribution is -2.31. The minimum absolute atomic E-state index is 0. The van der Waals surface area contributed by atoms with E-state index in [4.69, 9.17) is 10.5 Å². The van der Waals surface area contributed by atoms with Crippen molar-refractivity contribution in [1.29, 1.82) is 0 Å². The maximum atomic E-state index is 13.5. The first-order chi connectivity index (χ1) is 14.6. The van der Waals surface area contributed by atoms with Gasteiger partial charge >= 0.3 is 5.97 Å². The molecule has 3 N–H and O–H groups in total. The third kappa shape index (κ3) is 4.94. The van der Waals surface area contributed by atoms with Crippen molar-refractivity contribution >= 4 is 71.9 Å². The molecule has 0 aliphatic carbocycles. The molecule has 0 atom stereocenters. The molecular weight excluding hydrogens is 593 g/mol. The van der Waals surface area contributed by atoms with Crippen LogP contribution in [-0.4, -0.2) is 46.5 Å². The number of nitrogens with one attached hydrogen (secondary N) is 1. The molecule has 9 nitrogen and oxygen atoms in total. The van der Waals surface area contributed by atoms with Crippen LogP contribution in [0.15, 0.2) is 58.3 Å². The van der Waals surface area contributed by atoms with Crippen molar-refractivity contribution < 1.29 is 26.4 Å². The van der Waals surface area contributed by atoms with Gasteiger partial charge in [0.2, 0.25) is 10.0 Å². The van der Waals surface area contributed by atoms with E-state index in [-0.39, 0.29) is 47.9 Å². The summed E-state index contributed by atoms with van der Waals surface area (Å²) in [5.41, 5.74) is 4.88. The van der Waals surface area contributed by atoms with Crippen molar-refractivity contribution in [1.82, 2.24) is 8.69 Å². The summed E-state index contributed by atoms with van der Waals surface area (Å²) in [7, 11) is -8.64. The Balaban J connectivity index is 0.00000363. The number of benzene rings is 2. The van der Waals surface area contributed by atoms with Gasteiger partial charge in [-0.3, -0.25) is 0 Å². The van der Waals surface area contributed by atoms with Gasteiger partial charge in [-0.15, -0.1) is 12.4 Å². The number of halogens is 2. The monoisotopic (exact) mass is 613 g/mol. The molecule has 0 bridgehead atoms. The van der Waals surface area contributed by atoms with Crippen LogP contribution in [0.2, 0.25) is 0 Å². The molecule has 3 rings (SSSR count). The van der Waals surface area contributed by atoms with Crippen LogP contribution < -0.4 is 10.5 Å². The van der Waals surface area contributed by atoms with Crippen molar-refractivity contribution in [2.75, 3.05) is 19.7 Å². The van der Waals surface area contributed by atoms with E-state index in [0.29, 0.717) is 3.57 Å². The van der Waals surface area contributed by atoms with Gasteiger partial charge in [-0.2, -0.15) is 0 Å². The fraction of sp³-hybridized carbons (Fsp3) is 0.211. The Morgan fingerprint density at radius 1 is 1.12 bits per heavy atom. The van der Waals surface area contributed by atoms with E-state index in [2.05, 4.69) is 4.72 Å². The van der Waals surface area contributed by atoms with Gasteiger partial charge in [0, 0.05) is 22.0 Å². The third-order valence-electron chi connectivity index (χ3n) is 4.30. The SMILES string of the molecule is CCOC(=O)c1c(S(=O)(=O)NCCN)c2cc(I)ccc2n1S(=O)(=O)c1ccccc1.Cl. The van der Waals surface area contributed by atoms with Crippen molar-refractivity contribution in [2.45, 2.75) is 16.7 Å². The molecule has 174 valence electrons. The number of rotatable bonds is 8. The van der Waals surface area contributed by atoms with E-state index in [1.54, 1.807) is 19.1 Å². The van der Waals surface area contributed by atoms with Crippen molar-refractivity contribution in [3.8, 4) is 0 Å². The van der Waals surface area contributed by atoms with Crippen molar-refractivity contribution in [2.24, 2.45) is 5.73 Å². The predicted octanol–water partition coefficient (Wildman–Crippen LogP) is 2.32. The molecule has 2 aromatic carbocycles. The predicted molar refractivity (Wildman–Crippen MR) is 131 cm³/mol. The molecule has 0 radical (unpaired) electrons. The first kappa shape index (κ1) is 26.5. The van der Waals surface area contributed by atoms with Gasteiger partial charge in [-0.1, -0.05) is 18.2 Å². The molecule has 0 unspecified atom stereocenters. The summed E-state index contributed by atoms with van der Waals surface area (Å²) in [5, 5.41) is 0.0824. The fourth-order valence-corrected chi connectivity index (χ4v) is 6.57. The molecule has 0 aliphatic rings. The third-order valence-corrected chi connectivity index (χ3v) is 8.23. The van der Waals surface area contributed by atoms with Crippen LogP contribution in [0.4, 0.5) is 0 Å². The Morgan fingerprint density at radius 3 is 2.38 bits per heavy atom. The van der Waals surface area contributed by atoms with E-state index in [9.17, 15) is 21.6 Å². The Kier molecular flexibility index (Phi) is 8.69. The number of hydrogen-bond acceptors (Lipinski definition) is 7. The lowest BCUT2D eigenvalue weighted by atomic mass is 10.2. The Morgan fingerprint density at radius 2 is 1.78 bits per heavy atom. The molecule has 0 saturated carbocycles. The zero-order valence-corrected chi connectivity index (χ0v) is 21.4. The summed E-state index contributed by atoms with van der Waals surface area (Å²) in [6.07, 6.45) is 0. The highest BCUT2D eigenvalue weighted by atomic mass is 127. The zero-order valence-electron chi connectivity index (χ0n) is 16.8. The van der Waals surface area contributed by atoms with Crippen LogP contribution in [-0.2, 0) is 24.8 Å². The number of carbonyl (C=O) groups excluding carboxylic acids is 1. The number of ether oxygens (including phenoxy) is 1. The minimum atomic E-state index is -4.34. The highest BCUT2D eigenvalue weighted by molar-refractivity contribution is 14.1. The molecule has 1 aromatic heterocycles. The lowest BCUT2D eigenvalue weighted by Gasteiger charge is -2.12. The molecule has 32 heavy (non-hydrogen) atoms. The van der Waals surface area contributed by atoms with Crippen LogP contribution in [0.1, 0.15) is 17.4 Å². The fourth-order valence-electron chi connectivity index (χ4n) is 3.07. The quantitative estimate of drug-likeness (QED) is 0.294. The number of nitrogens with two attached hydrogens (primary N) is 1. The van der Waals surface area contributed by atoms with Crippen LogP contribution in [0.5, 0.6) is 0 Å². The summed E-state index contributed by atoms with van der Waals surface area (Å²) in [6.45, 7) is 1.40. The summed E-state index contributed by atoms with van der Waals surface area (Å²) < 4.78 is 62.1. The average molecular weight is 614 g/mol. The maximum absolute atomic E-state index is 13.5. The normalized spacial score (nSPS) is 11.8. The first-order valence-electron chi connectivity index (χ1n) is 9.16. The van der Waals surface area contributed by atoms with E-state index < -0.39 is 36.6 Å². The van der Waals surface area contributed by atoms with Crippen LogP contribution >= 0.6 is 35.0 Å². The van der Waals surface area contributed by atoms with Crippen LogP contribution in [0.3, 0.4) is 0 Å². The molecule has 0 spiro atoms. The largest absolute Gasteiger partial charge is 0.461 e. The van der Waals surface area contributed by atoms with E-state index in [0.717, 1.165) is 3.97 Å². The number of nitrogens with zero attached hydrogens (tertiary/aromatic N) is 1. The Labute approximate surface area is 206 Å². The van der Waals surface area contributed by atoms with Gasteiger partial charge in [0.25, 0.3) is 10.0 Å². The van der Waals surface area contributed by atoms with Gasteiger partial charge in [-0.25, -0.2) is 30.3 Å². The van der Waals surface area contributed by atoms with Gasteiger partial charge < -0.3 is 10.5 Å². The second kappa shape index (κ2) is 10.5. The van der Waals surface area contributed by atoms with E-state index in [1.165, 1.54) is 36.4 Å². The van der Waals surface area contributed by atoms with Crippen molar-refractivity contribution in [3.05, 3.63) is 57.8 Å². The van der Waals surface area contributed by atoms with Crippen molar-refractivity contribution in [3.63, 3.8) is 0 Å². The average Bonchev–Trinajstić information content (AvgIpc) is 3.09. The van der Waals surface area contributed by atoms with Crippen LogP contribution in [0, 0.1) is 3.57 Å².